The van der Waals surface area contributed by atoms with Crippen molar-refractivity contribution < 1.29 is 0 Å². The molecule has 0 spiro atoms. The molecular weight excluding hydrogens is 412 g/mol. The van der Waals surface area contributed by atoms with E-state index in [1.165, 1.54) is 14.7 Å². The van der Waals surface area contributed by atoms with E-state index in [2.05, 4.69) is 18.8 Å². The van der Waals surface area contributed by atoms with Crippen LogP contribution in [0.2, 0.25) is 5.02 Å². The summed E-state index contributed by atoms with van der Waals surface area (Å²) in [7, 11) is 0. The number of halogens is 1. The van der Waals surface area contributed by atoms with E-state index in [4.69, 9.17) is 11.6 Å². The van der Waals surface area contributed by atoms with Crippen LogP contribution >= 0.6 is 11.6 Å². The summed E-state index contributed by atoms with van der Waals surface area (Å²) < 4.78 is 4.61. The maximum Gasteiger partial charge on any atom is 0.337 e. The average Bonchev–Trinajstić information content (AvgIpc) is 3.13. The highest BCUT2D eigenvalue weighted by Gasteiger charge is 2.19. The number of rotatable bonds is 6. The molecule has 0 saturated heterocycles. The molecule has 0 saturated carbocycles. The van der Waals surface area contributed by atoms with Gasteiger partial charge in [0.15, 0.2) is 11.2 Å². The van der Waals surface area contributed by atoms with Gasteiger partial charge in [-0.15, -0.1) is 0 Å². The molecule has 6 nitrogen and oxygen atoms in total. The van der Waals surface area contributed by atoms with Crippen molar-refractivity contribution in [3.05, 3.63) is 91.8 Å². The third-order valence-corrected chi connectivity index (χ3v) is 5.61. The Morgan fingerprint density at radius 3 is 2.48 bits per heavy atom. The Hall–Kier alpha value is -3.12. The first-order valence-electron chi connectivity index (χ1n) is 10.4. The van der Waals surface area contributed by atoms with Crippen molar-refractivity contribution in [2.24, 2.45) is 5.92 Å². The monoisotopic (exact) mass is 436 g/mol. The molecule has 7 heteroatoms. The average molecular weight is 437 g/mol. The Bertz CT molecular complexity index is 1350. The molecule has 4 aromatic rings. The fourth-order valence-corrected chi connectivity index (χ4v) is 3.81. The van der Waals surface area contributed by atoms with E-state index in [9.17, 15) is 9.59 Å². The lowest BCUT2D eigenvalue weighted by Gasteiger charge is -2.14. The molecule has 0 aliphatic heterocycles. The maximum atomic E-state index is 13.4. The number of nitrogens with zero attached hydrogens (tertiary/aromatic N) is 4. The highest BCUT2D eigenvalue weighted by Crippen LogP contribution is 2.18. The standard InChI is InChI=1S/C24H25ClN4O2/c1-16(2)11-12-28-23(30)21-22(29(24(28)31)20-6-4-5-19(25)13-20)26-15-27(21)14-18-9-7-17(3)8-10-18/h4-10,13,15-16H,11-12,14H2,1-3H3. The topological polar surface area (TPSA) is 61.8 Å². The lowest BCUT2D eigenvalue weighted by molar-refractivity contribution is 0.491. The highest BCUT2D eigenvalue weighted by molar-refractivity contribution is 6.30. The van der Waals surface area contributed by atoms with E-state index < -0.39 is 5.69 Å². The molecule has 0 fully saturated rings. The third kappa shape index (κ3) is 4.21. The van der Waals surface area contributed by atoms with Crippen molar-refractivity contribution in [2.45, 2.75) is 40.3 Å². The van der Waals surface area contributed by atoms with Crippen LogP contribution in [0.4, 0.5) is 0 Å². The second-order valence-electron chi connectivity index (χ2n) is 8.27. The number of hydrogen-bond acceptors (Lipinski definition) is 3. The largest absolute Gasteiger partial charge is 0.337 e. The predicted molar refractivity (Wildman–Crippen MR) is 124 cm³/mol. The number of imidazole rings is 1. The van der Waals surface area contributed by atoms with Crippen molar-refractivity contribution in [1.29, 1.82) is 0 Å². The zero-order valence-electron chi connectivity index (χ0n) is 17.9. The van der Waals surface area contributed by atoms with E-state index in [0.717, 1.165) is 12.0 Å². The van der Waals surface area contributed by atoms with Crippen LogP contribution in [0.3, 0.4) is 0 Å². The molecule has 0 atom stereocenters. The molecule has 4 rings (SSSR count). The highest BCUT2D eigenvalue weighted by atomic mass is 35.5. The SMILES string of the molecule is Cc1ccc(Cn2cnc3c2c(=O)n(CCC(C)C)c(=O)n3-c2cccc(Cl)c2)cc1. The van der Waals surface area contributed by atoms with Gasteiger partial charge in [-0.2, -0.15) is 0 Å². The minimum Gasteiger partial charge on any atom is -0.320 e. The second-order valence-corrected chi connectivity index (χ2v) is 8.70. The van der Waals surface area contributed by atoms with Gasteiger partial charge in [-0.25, -0.2) is 14.3 Å². The van der Waals surface area contributed by atoms with Crippen molar-refractivity contribution >= 4 is 22.8 Å². The Balaban J connectivity index is 1.95. The molecule has 31 heavy (non-hydrogen) atoms. The second kappa shape index (κ2) is 8.55. The molecule has 0 aliphatic carbocycles. The normalized spacial score (nSPS) is 11.5. The Morgan fingerprint density at radius 2 is 1.81 bits per heavy atom. The Kier molecular flexibility index (Phi) is 5.83. The van der Waals surface area contributed by atoms with Crippen molar-refractivity contribution in [3.63, 3.8) is 0 Å². The number of hydrogen-bond donors (Lipinski definition) is 0. The molecule has 2 heterocycles. The summed E-state index contributed by atoms with van der Waals surface area (Å²) >= 11 is 6.19. The van der Waals surface area contributed by atoms with E-state index in [1.807, 2.05) is 35.8 Å². The minimum absolute atomic E-state index is 0.316. The van der Waals surface area contributed by atoms with E-state index in [-0.39, 0.29) is 5.56 Å². The van der Waals surface area contributed by atoms with Crippen LogP contribution in [0.5, 0.6) is 0 Å². The number of benzene rings is 2. The van der Waals surface area contributed by atoms with Crippen molar-refractivity contribution in [2.75, 3.05) is 0 Å². The van der Waals surface area contributed by atoms with Crippen LogP contribution < -0.4 is 11.2 Å². The van der Waals surface area contributed by atoms with Crippen LogP contribution in [-0.4, -0.2) is 18.7 Å². The first-order valence-corrected chi connectivity index (χ1v) is 10.7. The molecule has 0 radical (unpaired) electrons. The lowest BCUT2D eigenvalue weighted by Crippen LogP contribution is -2.40. The number of aryl methyl sites for hydroxylation is 1. The third-order valence-electron chi connectivity index (χ3n) is 5.37. The van der Waals surface area contributed by atoms with Gasteiger partial charge >= 0.3 is 5.69 Å². The fourth-order valence-electron chi connectivity index (χ4n) is 3.62. The predicted octanol–water partition coefficient (Wildman–Crippen LogP) is 4.41. The summed E-state index contributed by atoms with van der Waals surface area (Å²) in [5.74, 6) is 0.360. The quantitative estimate of drug-likeness (QED) is 0.450. The number of fused-ring (bicyclic) bond motifs is 1. The summed E-state index contributed by atoms with van der Waals surface area (Å²) in [6.07, 6.45) is 2.35. The van der Waals surface area contributed by atoms with Crippen molar-refractivity contribution in [3.8, 4) is 5.69 Å². The molecule has 0 unspecified atom stereocenters. The van der Waals surface area contributed by atoms with Crippen LogP contribution in [0.1, 0.15) is 31.4 Å². The zero-order valence-corrected chi connectivity index (χ0v) is 18.6. The summed E-state index contributed by atoms with van der Waals surface area (Å²) in [4.78, 5) is 31.2. The van der Waals surface area contributed by atoms with Crippen LogP contribution in [0.15, 0.2) is 64.4 Å². The van der Waals surface area contributed by atoms with Crippen LogP contribution in [0, 0.1) is 12.8 Å². The molecule has 0 bridgehead atoms. The maximum absolute atomic E-state index is 13.4. The van der Waals surface area contributed by atoms with Gasteiger partial charge in [-0.05, 0) is 43.0 Å². The minimum atomic E-state index is -0.402. The summed E-state index contributed by atoms with van der Waals surface area (Å²) in [5.41, 5.74) is 2.84. The summed E-state index contributed by atoms with van der Waals surface area (Å²) in [6.45, 7) is 7.01. The molecule has 0 aliphatic rings. The molecule has 2 aromatic carbocycles. The van der Waals surface area contributed by atoms with Gasteiger partial charge in [0.2, 0.25) is 0 Å². The lowest BCUT2D eigenvalue weighted by atomic mass is 10.1. The molecule has 0 N–H and O–H groups in total. The van der Waals surface area contributed by atoms with Gasteiger partial charge in [-0.3, -0.25) is 9.36 Å². The van der Waals surface area contributed by atoms with Crippen LogP contribution in [-0.2, 0) is 13.1 Å². The van der Waals surface area contributed by atoms with E-state index in [0.29, 0.717) is 40.9 Å². The van der Waals surface area contributed by atoms with Crippen molar-refractivity contribution in [1.82, 2.24) is 18.7 Å². The summed E-state index contributed by atoms with van der Waals surface area (Å²) in [5, 5.41) is 0.511. The van der Waals surface area contributed by atoms with Gasteiger partial charge in [0, 0.05) is 18.1 Å². The van der Waals surface area contributed by atoms with Crippen LogP contribution in [0.25, 0.3) is 16.9 Å². The van der Waals surface area contributed by atoms with Gasteiger partial charge in [0.25, 0.3) is 5.56 Å². The molecule has 2 aromatic heterocycles. The molecule has 0 amide bonds. The van der Waals surface area contributed by atoms with Gasteiger partial charge in [0.1, 0.15) is 0 Å². The fraction of sp³-hybridized carbons (Fsp3) is 0.292. The van der Waals surface area contributed by atoms with Gasteiger partial charge < -0.3 is 4.57 Å². The van der Waals surface area contributed by atoms with Gasteiger partial charge in [0.05, 0.1) is 12.0 Å². The zero-order chi connectivity index (χ0) is 22.1. The Morgan fingerprint density at radius 1 is 1.06 bits per heavy atom. The van der Waals surface area contributed by atoms with Gasteiger partial charge in [-0.1, -0.05) is 61.3 Å². The van der Waals surface area contributed by atoms with E-state index >= 15 is 0 Å². The molecular formula is C24H25ClN4O2. The first-order chi connectivity index (χ1) is 14.8. The molecule has 160 valence electrons. The number of aromatic nitrogens is 4. The smallest absolute Gasteiger partial charge is 0.320 e. The van der Waals surface area contributed by atoms with E-state index in [1.54, 1.807) is 30.6 Å². The summed E-state index contributed by atoms with van der Waals surface area (Å²) in [6, 6.07) is 15.2. The first kappa shape index (κ1) is 21.1. The Labute approximate surface area is 185 Å².